The molecule has 1 atom stereocenters. The number of benzene rings is 3. The van der Waals surface area contributed by atoms with Gasteiger partial charge in [-0.25, -0.2) is 8.42 Å². The number of hydrogen-bond acceptors (Lipinski definition) is 5. The van der Waals surface area contributed by atoms with Crippen molar-refractivity contribution in [1.82, 2.24) is 10.2 Å². The van der Waals surface area contributed by atoms with Gasteiger partial charge in [0, 0.05) is 17.5 Å². The fourth-order valence-electron chi connectivity index (χ4n) is 3.88. The number of thioether (sulfide) groups is 1. The lowest BCUT2D eigenvalue weighted by Gasteiger charge is -2.32. The molecule has 0 bridgehead atoms. The van der Waals surface area contributed by atoms with Crippen LogP contribution >= 0.6 is 11.8 Å². The van der Waals surface area contributed by atoms with Crippen LogP contribution in [0.1, 0.15) is 31.9 Å². The van der Waals surface area contributed by atoms with Crippen molar-refractivity contribution < 1.29 is 18.0 Å². The third-order valence-corrected chi connectivity index (χ3v) is 8.57. The van der Waals surface area contributed by atoms with E-state index in [1.165, 1.54) is 16.7 Å². The van der Waals surface area contributed by atoms with Gasteiger partial charge in [-0.3, -0.25) is 13.9 Å². The Morgan fingerprint density at radius 2 is 1.50 bits per heavy atom. The molecule has 0 fully saturated rings. The molecular weight excluding hydrogens is 518 g/mol. The summed E-state index contributed by atoms with van der Waals surface area (Å²) in [5, 5.41) is 2.86. The maximum absolute atomic E-state index is 13.9. The van der Waals surface area contributed by atoms with E-state index in [9.17, 15) is 18.0 Å². The Morgan fingerprint density at radius 3 is 2.05 bits per heavy atom. The number of nitrogens with zero attached hydrogens (tertiary/aromatic N) is 2. The first-order chi connectivity index (χ1) is 18.0. The first kappa shape index (κ1) is 29.3. The lowest BCUT2D eigenvalue weighted by molar-refractivity contribution is -0.139. The highest BCUT2D eigenvalue weighted by molar-refractivity contribution is 7.98. The van der Waals surface area contributed by atoms with Crippen LogP contribution in [0.25, 0.3) is 0 Å². The largest absolute Gasteiger partial charge is 0.352 e. The number of sulfonamides is 1. The van der Waals surface area contributed by atoms with Gasteiger partial charge in [0.1, 0.15) is 12.6 Å². The van der Waals surface area contributed by atoms with Crippen LogP contribution in [-0.4, -0.2) is 50.0 Å². The van der Waals surface area contributed by atoms with Gasteiger partial charge in [0.05, 0.1) is 10.6 Å². The number of nitrogens with one attached hydrogen (secondary N) is 1. The summed E-state index contributed by atoms with van der Waals surface area (Å²) >= 11 is 1.51. The first-order valence-corrected chi connectivity index (χ1v) is 15.1. The molecule has 0 saturated carbocycles. The van der Waals surface area contributed by atoms with Gasteiger partial charge >= 0.3 is 0 Å². The van der Waals surface area contributed by atoms with E-state index in [-0.39, 0.29) is 23.4 Å². The minimum atomic E-state index is -4.08. The van der Waals surface area contributed by atoms with Crippen LogP contribution in [0.2, 0.25) is 0 Å². The van der Waals surface area contributed by atoms with Crippen LogP contribution in [0.5, 0.6) is 0 Å². The lowest BCUT2D eigenvalue weighted by atomic mass is 10.1. The van der Waals surface area contributed by atoms with Gasteiger partial charge in [0.25, 0.3) is 10.0 Å². The van der Waals surface area contributed by atoms with Crippen molar-refractivity contribution in [2.45, 2.75) is 56.1 Å². The number of hydrogen-bond donors (Lipinski definition) is 1. The molecule has 0 spiro atoms. The van der Waals surface area contributed by atoms with Crippen molar-refractivity contribution in [3.63, 3.8) is 0 Å². The summed E-state index contributed by atoms with van der Waals surface area (Å²) in [6, 6.07) is 22.0. The quantitative estimate of drug-likeness (QED) is 0.343. The Labute approximate surface area is 230 Å². The smallest absolute Gasteiger partial charge is 0.264 e. The number of aryl methyl sites for hydroxylation is 1. The molecule has 202 valence electrons. The van der Waals surface area contributed by atoms with Crippen LogP contribution in [-0.2, 0) is 26.2 Å². The normalized spacial score (nSPS) is 12.2. The van der Waals surface area contributed by atoms with Crippen LogP contribution < -0.4 is 9.62 Å². The minimum absolute atomic E-state index is 0.0869. The van der Waals surface area contributed by atoms with E-state index < -0.39 is 28.5 Å². The van der Waals surface area contributed by atoms with Crippen molar-refractivity contribution in [3.8, 4) is 0 Å². The summed E-state index contributed by atoms with van der Waals surface area (Å²) < 4.78 is 28.8. The van der Waals surface area contributed by atoms with Crippen molar-refractivity contribution in [2.24, 2.45) is 0 Å². The van der Waals surface area contributed by atoms with Crippen molar-refractivity contribution >= 4 is 39.3 Å². The van der Waals surface area contributed by atoms with Crippen LogP contribution in [0.15, 0.2) is 88.7 Å². The number of amides is 2. The van der Waals surface area contributed by atoms with E-state index in [2.05, 4.69) is 5.32 Å². The molecule has 0 radical (unpaired) electrons. The molecule has 3 rings (SSSR count). The second-order valence-electron chi connectivity index (χ2n) is 9.37. The van der Waals surface area contributed by atoms with Crippen LogP contribution in [0.4, 0.5) is 5.69 Å². The molecule has 0 aliphatic rings. The molecule has 0 aliphatic heterocycles. The second kappa shape index (κ2) is 13.0. The topological polar surface area (TPSA) is 86.8 Å². The number of anilines is 1. The summed E-state index contributed by atoms with van der Waals surface area (Å²) in [4.78, 5) is 29.2. The highest BCUT2D eigenvalue weighted by Gasteiger charge is 2.32. The average molecular weight is 554 g/mol. The summed E-state index contributed by atoms with van der Waals surface area (Å²) in [6.45, 7) is 6.97. The molecule has 3 aromatic rings. The molecular formula is C29H35N3O4S2. The average Bonchev–Trinajstić information content (AvgIpc) is 2.90. The Morgan fingerprint density at radius 1 is 0.895 bits per heavy atom. The molecule has 38 heavy (non-hydrogen) atoms. The maximum atomic E-state index is 13.9. The lowest BCUT2D eigenvalue weighted by Crippen LogP contribution is -2.52. The Kier molecular flexibility index (Phi) is 9.99. The van der Waals surface area contributed by atoms with Gasteiger partial charge in [0.15, 0.2) is 0 Å². The minimum Gasteiger partial charge on any atom is -0.352 e. The molecule has 1 N–H and O–H groups in total. The Bertz CT molecular complexity index is 1330. The van der Waals surface area contributed by atoms with E-state index >= 15 is 0 Å². The maximum Gasteiger partial charge on any atom is 0.264 e. The standard InChI is InChI=1S/C29H35N3O4S2/c1-21(2)30-29(34)23(4)31(19-24-9-7-6-8-10-24)28(33)20-32(25-13-11-22(3)12-14-25)38(35,36)27-17-15-26(37-5)16-18-27/h6-18,21,23H,19-20H2,1-5H3,(H,30,34). The molecule has 7 nitrogen and oxygen atoms in total. The predicted molar refractivity (Wildman–Crippen MR) is 154 cm³/mol. The molecule has 2 amide bonds. The van der Waals surface area contributed by atoms with E-state index in [4.69, 9.17) is 0 Å². The number of rotatable bonds is 11. The van der Waals surface area contributed by atoms with E-state index in [0.29, 0.717) is 5.69 Å². The van der Waals surface area contributed by atoms with E-state index in [1.54, 1.807) is 55.5 Å². The van der Waals surface area contributed by atoms with Crippen LogP contribution in [0, 0.1) is 6.92 Å². The highest BCUT2D eigenvalue weighted by atomic mass is 32.2. The molecule has 9 heteroatoms. The summed E-state index contributed by atoms with van der Waals surface area (Å²) in [5.41, 5.74) is 2.17. The van der Waals surface area contributed by atoms with Gasteiger partial charge in [0.2, 0.25) is 11.8 Å². The van der Waals surface area contributed by atoms with Gasteiger partial charge < -0.3 is 10.2 Å². The summed E-state index contributed by atoms with van der Waals surface area (Å²) in [6.07, 6.45) is 1.92. The molecule has 1 unspecified atom stereocenters. The third kappa shape index (κ3) is 7.39. The zero-order valence-corrected chi connectivity index (χ0v) is 24.1. The molecule has 3 aromatic carbocycles. The van der Waals surface area contributed by atoms with E-state index in [0.717, 1.165) is 20.3 Å². The van der Waals surface area contributed by atoms with E-state index in [1.807, 2.05) is 57.4 Å². The van der Waals surface area contributed by atoms with Gasteiger partial charge in [-0.1, -0.05) is 48.0 Å². The molecule has 0 aromatic heterocycles. The zero-order valence-electron chi connectivity index (χ0n) is 22.4. The van der Waals surface area contributed by atoms with Gasteiger partial charge in [-0.05, 0) is 75.9 Å². The fraction of sp³-hybridized carbons (Fsp3) is 0.310. The van der Waals surface area contributed by atoms with Gasteiger partial charge in [-0.2, -0.15) is 0 Å². The van der Waals surface area contributed by atoms with Crippen molar-refractivity contribution in [1.29, 1.82) is 0 Å². The summed E-state index contributed by atoms with van der Waals surface area (Å²) in [7, 11) is -4.08. The monoisotopic (exact) mass is 553 g/mol. The molecule has 0 saturated heterocycles. The number of carbonyl (C=O) groups is 2. The fourth-order valence-corrected chi connectivity index (χ4v) is 5.70. The summed E-state index contributed by atoms with van der Waals surface area (Å²) in [5.74, 6) is -0.785. The Balaban J connectivity index is 2.01. The first-order valence-electron chi connectivity index (χ1n) is 12.4. The SMILES string of the molecule is CSc1ccc(S(=O)(=O)N(CC(=O)N(Cc2ccccc2)C(C)C(=O)NC(C)C)c2ccc(C)cc2)cc1. The highest BCUT2D eigenvalue weighted by Crippen LogP contribution is 2.26. The second-order valence-corrected chi connectivity index (χ2v) is 12.1. The molecule has 0 heterocycles. The van der Waals surface area contributed by atoms with Crippen molar-refractivity contribution in [3.05, 3.63) is 90.0 Å². The van der Waals surface area contributed by atoms with Gasteiger partial charge in [-0.15, -0.1) is 11.8 Å². The Hall–Kier alpha value is -3.30. The van der Waals surface area contributed by atoms with Crippen LogP contribution in [0.3, 0.4) is 0 Å². The predicted octanol–water partition coefficient (Wildman–Crippen LogP) is 4.85. The third-order valence-electron chi connectivity index (χ3n) is 6.04. The number of carbonyl (C=O) groups excluding carboxylic acids is 2. The zero-order chi connectivity index (χ0) is 27.9. The molecule has 0 aliphatic carbocycles. The van der Waals surface area contributed by atoms with Crippen molar-refractivity contribution in [2.75, 3.05) is 17.1 Å².